The lowest BCUT2D eigenvalue weighted by Gasteiger charge is -2.31. The van der Waals surface area contributed by atoms with E-state index in [1.807, 2.05) is 15.9 Å². The highest BCUT2D eigenvalue weighted by molar-refractivity contribution is 6.30. The molecule has 2 saturated heterocycles. The molecule has 5 rings (SSSR count). The SMILES string of the molecule is [2H][C@H](Oc1nc(N2CC=CCC2)c2c(C)nc(Cl)c(F)c2n1)[C@@]12CCCN1C[C@H](F)C2. The third kappa shape index (κ3) is 3.30. The number of anilines is 1. The van der Waals surface area contributed by atoms with E-state index in [2.05, 4.69) is 21.0 Å². The number of aryl methyl sites for hydroxylation is 1. The van der Waals surface area contributed by atoms with Crippen molar-refractivity contribution in [2.75, 3.05) is 37.7 Å². The zero-order valence-corrected chi connectivity index (χ0v) is 17.5. The minimum Gasteiger partial charge on any atom is -0.461 e. The predicted octanol–water partition coefficient (Wildman–Crippen LogP) is 3.85. The Bertz CT molecular complexity index is 1060. The van der Waals surface area contributed by atoms with Gasteiger partial charge in [0.2, 0.25) is 0 Å². The number of fused-ring (bicyclic) bond motifs is 2. The molecule has 0 aromatic carbocycles. The van der Waals surface area contributed by atoms with Gasteiger partial charge in [0.1, 0.15) is 24.1 Å². The molecule has 3 aliphatic heterocycles. The first-order chi connectivity index (χ1) is 14.9. The fourth-order valence-electron chi connectivity index (χ4n) is 4.88. The van der Waals surface area contributed by atoms with Crippen LogP contribution in [-0.4, -0.2) is 64.3 Å². The Labute approximate surface area is 180 Å². The zero-order valence-electron chi connectivity index (χ0n) is 17.7. The molecule has 0 amide bonds. The summed E-state index contributed by atoms with van der Waals surface area (Å²) in [5.74, 6) is -0.233. The molecule has 3 aliphatic rings. The molecule has 0 spiro atoms. The molecule has 2 aromatic rings. The van der Waals surface area contributed by atoms with E-state index in [9.17, 15) is 8.78 Å². The average molecular weight is 437 g/mol. The number of rotatable bonds is 4. The summed E-state index contributed by atoms with van der Waals surface area (Å²) in [6.07, 6.45) is 5.79. The Morgan fingerprint density at radius 1 is 1.33 bits per heavy atom. The van der Waals surface area contributed by atoms with E-state index in [0.29, 0.717) is 43.0 Å². The monoisotopic (exact) mass is 436 g/mol. The van der Waals surface area contributed by atoms with Crippen molar-refractivity contribution in [2.45, 2.75) is 44.3 Å². The fourth-order valence-corrected chi connectivity index (χ4v) is 5.09. The first-order valence-corrected chi connectivity index (χ1v) is 10.7. The van der Waals surface area contributed by atoms with Gasteiger partial charge in [-0.2, -0.15) is 9.97 Å². The summed E-state index contributed by atoms with van der Waals surface area (Å²) in [6, 6.07) is -0.0962. The van der Waals surface area contributed by atoms with Gasteiger partial charge in [-0.3, -0.25) is 4.90 Å². The molecule has 30 heavy (non-hydrogen) atoms. The van der Waals surface area contributed by atoms with Gasteiger partial charge in [-0.1, -0.05) is 23.8 Å². The Kier molecular flexibility index (Phi) is 4.71. The third-order valence-corrected chi connectivity index (χ3v) is 6.54. The summed E-state index contributed by atoms with van der Waals surface area (Å²) in [7, 11) is 0. The van der Waals surface area contributed by atoms with Gasteiger partial charge in [0.05, 0.1) is 18.0 Å². The Morgan fingerprint density at radius 3 is 3.00 bits per heavy atom. The topological polar surface area (TPSA) is 54.4 Å². The van der Waals surface area contributed by atoms with Gasteiger partial charge < -0.3 is 9.64 Å². The maximum atomic E-state index is 14.9. The Morgan fingerprint density at radius 2 is 2.20 bits per heavy atom. The average Bonchev–Trinajstić information content (AvgIpc) is 3.29. The molecule has 0 N–H and O–H groups in total. The zero-order chi connectivity index (χ0) is 21.8. The Balaban J connectivity index is 1.57. The molecule has 0 radical (unpaired) electrons. The third-order valence-electron chi connectivity index (χ3n) is 6.29. The molecular formula is C21H24ClF2N5O. The van der Waals surface area contributed by atoms with E-state index >= 15 is 0 Å². The fraction of sp³-hybridized carbons (Fsp3) is 0.571. The van der Waals surface area contributed by atoms with Crippen LogP contribution in [0, 0.1) is 12.7 Å². The lowest BCUT2D eigenvalue weighted by Crippen LogP contribution is -2.43. The second-order valence-corrected chi connectivity index (χ2v) is 8.61. The van der Waals surface area contributed by atoms with Crippen LogP contribution >= 0.6 is 11.6 Å². The molecule has 3 atom stereocenters. The van der Waals surface area contributed by atoms with Gasteiger partial charge in [-0.15, -0.1) is 0 Å². The summed E-state index contributed by atoms with van der Waals surface area (Å²) in [5, 5.41) is 0.217. The summed E-state index contributed by atoms with van der Waals surface area (Å²) in [6.45, 7) is 3.04. The van der Waals surface area contributed by atoms with Crippen molar-refractivity contribution in [1.29, 1.82) is 0 Å². The minimum absolute atomic E-state index is 0.0230. The molecule has 0 aliphatic carbocycles. The van der Waals surface area contributed by atoms with Crippen LogP contribution in [0.2, 0.25) is 5.15 Å². The smallest absolute Gasteiger partial charge is 0.319 e. The predicted molar refractivity (Wildman–Crippen MR) is 112 cm³/mol. The molecule has 6 nitrogen and oxygen atoms in total. The number of hydrogen-bond acceptors (Lipinski definition) is 6. The minimum atomic E-state index is -1.08. The molecule has 160 valence electrons. The number of hydrogen-bond donors (Lipinski definition) is 0. The number of halogens is 3. The van der Waals surface area contributed by atoms with Gasteiger partial charge in [0.15, 0.2) is 11.0 Å². The van der Waals surface area contributed by atoms with E-state index < -0.39 is 24.1 Å². The second-order valence-electron chi connectivity index (χ2n) is 8.25. The molecule has 0 unspecified atom stereocenters. The van der Waals surface area contributed by atoms with E-state index in [4.69, 9.17) is 17.7 Å². The van der Waals surface area contributed by atoms with Crippen LogP contribution < -0.4 is 9.64 Å². The van der Waals surface area contributed by atoms with E-state index in [1.54, 1.807) is 6.92 Å². The molecule has 2 aromatic heterocycles. The summed E-state index contributed by atoms with van der Waals surface area (Å²) >= 11 is 5.98. The number of alkyl halides is 1. The summed E-state index contributed by atoms with van der Waals surface area (Å²) in [5.41, 5.74) is -0.151. The molecule has 2 fully saturated rings. The number of pyridine rings is 1. The summed E-state index contributed by atoms with van der Waals surface area (Å²) in [4.78, 5) is 17.0. The molecular weight excluding hydrogens is 412 g/mol. The first kappa shape index (κ1) is 18.7. The highest BCUT2D eigenvalue weighted by atomic mass is 35.5. The van der Waals surface area contributed by atoms with E-state index in [1.165, 1.54) is 0 Å². The van der Waals surface area contributed by atoms with Crippen LogP contribution in [0.3, 0.4) is 0 Å². The molecule has 0 bridgehead atoms. The normalized spacial score (nSPS) is 28.1. The highest BCUT2D eigenvalue weighted by Crippen LogP contribution is 2.40. The van der Waals surface area contributed by atoms with Crippen LogP contribution in [0.25, 0.3) is 10.9 Å². The quantitative estimate of drug-likeness (QED) is 0.536. The van der Waals surface area contributed by atoms with Gasteiger partial charge in [-0.25, -0.2) is 13.8 Å². The van der Waals surface area contributed by atoms with Crippen LogP contribution in [0.15, 0.2) is 12.2 Å². The van der Waals surface area contributed by atoms with Gasteiger partial charge >= 0.3 is 6.01 Å². The number of ether oxygens (including phenoxy) is 1. The maximum Gasteiger partial charge on any atom is 0.319 e. The van der Waals surface area contributed by atoms with Crippen molar-refractivity contribution >= 4 is 28.3 Å². The van der Waals surface area contributed by atoms with Crippen molar-refractivity contribution in [2.24, 2.45) is 0 Å². The van der Waals surface area contributed by atoms with Crippen LogP contribution in [0.1, 0.15) is 32.7 Å². The van der Waals surface area contributed by atoms with Crippen LogP contribution in [-0.2, 0) is 0 Å². The van der Waals surface area contributed by atoms with Crippen molar-refractivity contribution in [3.63, 3.8) is 0 Å². The second kappa shape index (κ2) is 7.57. The van der Waals surface area contributed by atoms with Crippen molar-refractivity contribution in [3.8, 4) is 6.01 Å². The van der Waals surface area contributed by atoms with Crippen molar-refractivity contribution < 1.29 is 14.9 Å². The van der Waals surface area contributed by atoms with Gasteiger partial charge in [0, 0.05) is 26.1 Å². The van der Waals surface area contributed by atoms with Gasteiger partial charge in [0.25, 0.3) is 0 Å². The first-order valence-electron chi connectivity index (χ1n) is 10.9. The molecule has 0 saturated carbocycles. The lowest BCUT2D eigenvalue weighted by atomic mass is 9.95. The Hall–Kier alpha value is -2.06. The van der Waals surface area contributed by atoms with Crippen LogP contribution in [0.4, 0.5) is 14.6 Å². The highest BCUT2D eigenvalue weighted by Gasteiger charge is 2.49. The van der Waals surface area contributed by atoms with E-state index in [-0.39, 0.29) is 23.1 Å². The standard InChI is InChI=1S/C21H24ClF2N5O/c1-13-15-17(16(24)18(22)25-13)26-20(27-19(15)28-7-3-2-4-8-28)30-12-21-6-5-9-29(21)11-14(23)10-21/h2-3,14H,4-12H2,1H3/t14-,21+/m1/s1/i12D/t12-,14+,21-/m0. The van der Waals surface area contributed by atoms with Crippen LogP contribution in [0.5, 0.6) is 6.01 Å². The lowest BCUT2D eigenvalue weighted by molar-refractivity contribution is 0.107. The summed E-state index contributed by atoms with van der Waals surface area (Å²) < 4.78 is 43.7. The number of nitrogens with zero attached hydrogens (tertiary/aromatic N) is 5. The van der Waals surface area contributed by atoms with Crippen molar-refractivity contribution in [1.82, 2.24) is 19.9 Å². The number of aromatic nitrogens is 3. The molecule has 5 heterocycles. The largest absolute Gasteiger partial charge is 0.461 e. The molecule has 9 heteroatoms. The van der Waals surface area contributed by atoms with Crippen molar-refractivity contribution in [3.05, 3.63) is 28.8 Å². The van der Waals surface area contributed by atoms with Gasteiger partial charge in [-0.05, 0) is 32.7 Å². The van der Waals surface area contributed by atoms with E-state index in [0.717, 1.165) is 19.4 Å². The maximum absolute atomic E-state index is 14.9.